The minimum Gasteiger partial charge on any atom is -0.491 e. The lowest BCUT2D eigenvalue weighted by atomic mass is 10.00. The van der Waals surface area contributed by atoms with Gasteiger partial charge in [0.05, 0.1) is 6.04 Å². The molecule has 0 unspecified atom stereocenters. The highest BCUT2D eigenvalue weighted by Gasteiger charge is 2.33. The fourth-order valence-corrected chi connectivity index (χ4v) is 5.39. The van der Waals surface area contributed by atoms with E-state index in [2.05, 4.69) is 37.4 Å². The zero-order valence-corrected chi connectivity index (χ0v) is 21.8. The van der Waals surface area contributed by atoms with Crippen LogP contribution in [0, 0.1) is 6.92 Å². The van der Waals surface area contributed by atoms with E-state index in [-0.39, 0.29) is 24.4 Å². The fourth-order valence-electron chi connectivity index (χ4n) is 4.46. The van der Waals surface area contributed by atoms with Crippen molar-refractivity contribution in [3.63, 3.8) is 0 Å². The Labute approximate surface area is 212 Å². The van der Waals surface area contributed by atoms with Crippen LogP contribution < -0.4 is 4.74 Å². The lowest BCUT2D eigenvalue weighted by Gasteiger charge is -2.37. The quantitative estimate of drug-likeness (QED) is 0.398. The van der Waals surface area contributed by atoms with Crippen LogP contribution in [0.15, 0.2) is 60.0 Å². The summed E-state index contributed by atoms with van der Waals surface area (Å²) in [6.45, 7) is 9.78. The van der Waals surface area contributed by atoms with E-state index in [1.807, 2.05) is 55.1 Å². The molecule has 5 nitrogen and oxygen atoms in total. The largest absolute Gasteiger partial charge is 0.491 e. The first kappa shape index (κ1) is 25.0. The number of nitrogens with zero attached hydrogens (tertiary/aromatic N) is 2. The van der Waals surface area contributed by atoms with Crippen molar-refractivity contribution in [3.05, 3.63) is 87.1 Å². The highest BCUT2D eigenvalue weighted by atomic mass is 32.1. The highest BCUT2D eigenvalue weighted by molar-refractivity contribution is 7.10. The Hall–Kier alpha value is -3.12. The van der Waals surface area contributed by atoms with Crippen LogP contribution in [0.25, 0.3) is 0 Å². The maximum Gasteiger partial charge on any atom is 0.254 e. The number of benzene rings is 2. The Bertz CT molecular complexity index is 1150. The second kappa shape index (κ2) is 11.1. The van der Waals surface area contributed by atoms with Crippen LogP contribution in [0.2, 0.25) is 0 Å². The number of amides is 2. The van der Waals surface area contributed by atoms with E-state index < -0.39 is 0 Å². The molecule has 6 heteroatoms. The van der Waals surface area contributed by atoms with Gasteiger partial charge >= 0.3 is 0 Å². The molecule has 1 aliphatic rings. The molecule has 0 bridgehead atoms. The molecule has 0 N–H and O–H groups in total. The summed E-state index contributed by atoms with van der Waals surface area (Å²) in [7, 11) is 0. The van der Waals surface area contributed by atoms with E-state index in [0.717, 1.165) is 23.3 Å². The number of rotatable bonds is 8. The lowest BCUT2D eigenvalue weighted by molar-refractivity contribution is -0.135. The monoisotopic (exact) mass is 490 g/mol. The molecule has 0 aliphatic carbocycles. The number of aryl methyl sites for hydroxylation is 1. The third-order valence-electron chi connectivity index (χ3n) is 6.66. The molecule has 0 saturated carbocycles. The zero-order valence-electron chi connectivity index (χ0n) is 21.0. The van der Waals surface area contributed by atoms with Gasteiger partial charge in [0.25, 0.3) is 5.91 Å². The third-order valence-corrected chi connectivity index (χ3v) is 7.66. The SMILES string of the molecule is CCN(CC(=O)N1CCc2sccc2[C@@H]1COc1ccc(C(C)C)cc1)C(=O)c1ccc(C)cc1. The first-order valence-corrected chi connectivity index (χ1v) is 13.2. The van der Waals surface area contributed by atoms with Gasteiger partial charge in [-0.3, -0.25) is 9.59 Å². The van der Waals surface area contributed by atoms with Crippen molar-refractivity contribution in [2.75, 3.05) is 26.2 Å². The molecule has 1 aromatic heterocycles. The summed E-state index contributed by atoms with van der Waals surface area (Å²) in [6.07, 6.45) is 0.830. The molecular weight excluding hydrogens is 456 g/mol. The van der Waals surface area contributed by atoms with Crippen LogP contribution in [0.5, 0.6) is 5.75 Å². The second-order valence-electron chi connectivity index (χ2n) is 9.37. The molecule has 0 saturated heterocycles. The number of likely N-dealkylation sites (N-methyl/N-ethyl adjacent to an activating group) is 1. The van der Waals surface area contributed by atoms with Crippen LogP contribution in [0.4, 0.5) is 0 Å². The predicted molar refractivity (Wildman–Crippen MR) is 141 cm³/mol. The van der Waals surface area contributed by atoms with Gasteiger partial charge in [-0.05, 0) is 73.0 Å². The van der Waals surface area contributed by atoms with Crippen LogP contribution in [0.1, 0.15) is 64.7 Å². The van der Waals surface area contributed by atoms with E-state index in [0.29, 0.717) is 31.2 Å². The van der Waals surface area contributed by atoms with Crippen LogP contribution >= 0.6 is 11.3 Å². The summed E-state index contributed by atoms with van der Waals surface area (Å²) in [6, 6.07) is 17.6. The van der Waals surface area contributed by atoms with Crippen molar-refractivity contribution in [2.45, 2.75) is 46.1 Å². The van der Waals surface area contributed by atoms with Gasteiger partial charge in [0.2, 0.25) is 5.91 Å². The lowest BCUT2D eigenvalue weighted by Crippen LogP contribution is -2.47. The van der Waals surface area contributed by atoms with Gasteiger partial charge in [0.1, 0.15) is 18.9 Å². The molecule has 2 amide bonds. The maximum atomic E-state index is 13.5. The Morgan fingerprint density at radius 2 is 1.80 bits per heavy atom. The number of hydrogen-bond acceptors (Lipinski definition) is 4. The van der Waals surface area contributed by atoms with E-state index in [9.17, 15) is 9.59 Å². The number of carbonyl (C=O) groups excluding carboxylic acids is 2. The summed E-state index contributed by atoms with van der Waals surface area (Å²) in [5, 5.41) is 2.09. The van der Waals surface area contributed by atoms with Gasteiger partial charge in [-0.25, -0.2) is 0 Å². The number of thiophene rings is 1. The van der Waals surface area contributed by atoms with Gasteiger partial charge in [-0.2, -0.15) is 0 Å². The minimum absolute atomic E-state index is 0.0482. The van der Waals surface area contributed by atoms with Gasteiger partial charge in [0, 0.05) is 23.5 Å². The van der Waals surface area contributed by atoms with Crippen molar-refractivity contribution >= 4 is 23.2 Å². The first-order chi connectivity index (χ1) is 16.9. The number of fused-ring (bicyclic) bond motifs is 1. The molecule has 2 heterocycles. The van der Waals surface area contributed by atoms with E-state index >= 15 is 0 Å². The Balaban J connectivity index is 1.48. The summed E-state index contributed by atoms with van der Waals surface area (Å²) in [5.74, 6) is 1.10. The molecule has 35 heavy (non-hydrogen) atoms. The summed E-state index contributed by atoms with van der Waals surface area (Å²) >= 11 is 1.73. The molecule has 0 fully saturated rings. The summed E-state index contributed by atoms with van der Waals surface area (Å²) in [5.41, 5.74) is 4.13. The van der Waals surface area contributed by atoms with Crippen molar-refractivity contribution in [2.24, 2.45) is 0 Å². The topological polar surface area (TPSA) is 49.9 Å². The first-order valence-electron chi connectivity index (χ1n) is 12.3. The average molecular weight is 491 g/mol. The number of ether oxygens (including phenoxy) is 1. The standard InChI is InChI=1S/C29H34N2O3S/c1-5-30(29(33)23-8-6-21(4)7-9-23)18-28(32)31-16-14-27-25(15-17-35-27)26(31)19-34-24-12-10-22(11-13-24)20(2)3/h6-13,15,17,20,26H,5,14,16,18-19H2,1-4H3/t26-/m0/s1. The smallest absolute Gasteiger partial charge is 0.254 e. The molecule has 0 spiro atoms. The fraction of sp³-hybridized carbons (Fsp3) is 0.379. The Morgan fingerprint density at radius 3 is 2.46 bits per heavy atom. The minimum atomic E-state index is -0.171. The highest BCUT2D eigenvalue weighted by Crippen LogP contribution is 2.34. The van der Waals surface area contributed by atoms with Crippen LogP contribution in [-0.4, -0.2) is 47.9 Å². The maximum absolute atomic E-state index is 13.5. The second-order valence-corrected chi connectivity index (χ2v) is 10.4. The van der Waals surface area contributed by atoms with Crippen molar-refractivity contribution < 1.29 is 14.3 Å². The van der Waals surface area contributed by atoms with E-state index in [4.69, 9.17) is 4.74 Å². The van der Waals surface area contributed by atoms with E-state index in [1.165, 1.54) is 10.4 Å². The third kappa shape index (κ3) is 5.76. The Kier molecular flexibility index (Phi) is 7.91. The number of hydrogen-bond donors (Lipinski definition) is 0. The van der Waals surface area contributed by atoms with E-state index in [1.54, 1.807) is 16.2 Å². The van der Waals surface area contributed by atoms with Crippen LogP contribution in [-0.2, 0) is 11.2 Å². The van der Waals surface area contributed by atoms with Gasteiger partial charge in [0.15, 0.2) is 0 Å². The Morgan fingerprint density at radius 1 is 1.09 bits per heavy atom. The van der Waals surface area contributed by atoms with Gasteiger partial charge in [-0.15, -0.1) is 11.3 Å². The van der Waals surface area contributed by atoms with Crippen molar-refractivity contribution in [3.8, 4) is 5.75 Å². The molecule has 0 radical (unpaired) electrons. The molecule has 1 atom stereocenters. The number of carbonyl (C=O) groups is 2. The molecule has 3 aromatic rings. The molecule has 1 aliphatic heterocycles. The molecule has 184 valence electrons. The summed E-state index contributed by atoms with van der Waals surface area (Å²) < 4.78 is 6.18. The van der Waals surface area contributed by atoms with Crippen molar-refractivity contribution in [1.29, 1.82) is 0 Å². The molecule has 4 rings (SSSR count). The molecular formula is C29H34N2O3S. The van der Waals surface area contributed by atoms with Gasteiger partial charge < -0.3 is 14.5 Å². The normalized spacial score (nSPS) is 15.1. The summed E-state index contributed by atoms with van der Waals surface area (Å²) in [4.78, 5) is 31.4. The van der Waals surface area contributed by atoms with Gasteiger partial charge in [-0.1, -0.05) is 43.7 Å². The average Bonchev–Trinajstić information content (AvgIpc) is 3.35. The van der Waals surface area contributed by atoms with Crippen LogP contribution in [0.3, 0.4) is 0 Å². The molecule has 2 aromatic carbocycles. The zero-order chi connectivity index (χ0) is 24.9. The predicted octanol–water partition coefficient (Wildman–Crippen LogP) is 5.85. The van der Waals surface area contributed by atoms with Crippen molar-refractivity contribution in [1.82, 2.24) is 9.80 Å².